The third kappa shape index (κ3) is 6.73. The van der Waals surface area contributed by atoms with Crippen molar-refractivity contribution < 1.29 is 27.8 Å². The molecule has 3 atom stereocenters. The molecule has 210 valence electrons. The molecule has 2 aromatic carbocycles. The van der Waals surface area contributed by atoms with Crippen molar-refractivity contribution in [1.82, 2.24) is 9.80 Å². The molecule has 11 heteroatoms. The third-order valence-corrected chi connectivity index (χ3v) is 9.56. The maximum atomic E-state index is 13.6. The number of hydrogen-bond acceptors (Lipinski definition) is 8. The van der Waals surface area contributed by atoms with Gasteiger partial charge in [-0.05, 0) is 55.2 Å². The molecule has 39 heavy (non-hydrogen) atoms. The number of methoxy groups -OCH3 is 1. The fraction of sp³-hybridized carbons (Fsp3) is 0.393. The smallest absolute Gasteiger partial charge is 0.271 e. The molecule has 1 aliphatic rings. The number of aliphatic hydroxyl groups excluding tert-OH is 1. The lowest BCUT2D eigenvalue weighted by molar-refractivity contribution is 0.0344. The summed E-state index contributed by atoms with van der Waals surface area (Å²) >= 11 is 1.11. The van der Waals surface area contributed by atoms with E-state index < -0.39 is 16.1 Å². The largest absolute Gasteiger partial charge is 0.497 e. The molecule has 0 spiro atoms. The predicted molar refractivity (Wildman–Crippen MR) is 152 cm³/mol. The maximum Gasteiger partial charge on any atom is 0.271 e. The molecule has 0 saturated carbocycles. The monoisotopic (exact) mass is 573 g/mol. The second-order valence-electron chi connectivity index (χ2n) is 9.89. The number of amides is 1. The minimum absolute atomic E-state index is 0.114. The number of carbonyl (C=O) groups is 1. The van der Waals surface area contributed by atoms with Crippen LogP contribution < -0.4 is 14.2 Å². The van der Waals surface area contributed by atoms with Crippen LogP contribution in [0.25, 0.3) is 0 Å². The van der Waals surface area contributed by atoms with Crippen LogP contribution in [0.15, 0.2) is 64.2 Å². The van der Waals surface area contributed by atoms with Gasteiger partial charge in [0.25, 0.3) is 15.9 Å². The number of benzene rings is 2. The first kappa shape index (κ1) is 28.9. The van der Waals surface area contributed by atoms with E-state index in [1.165, 1.54) is 6.07 Å². The van der Waals surface area contributed by atoms with Gasteiger partial charge in [0.05, 0.1) is 31.0 Å². The summed E-state index contributed by atoms with van der Waals surface area (Å²) < 4.78 is 40.7. The van der Waals surface area contributed by atoms with Crippen LogP contribution in [0.1, 0.15) is 29.8 Å². The fourth-order valence-electron chi connectivity index (χ4n) is 4.57. The van der Waals surface area contributed by atoms with E-state index in [0.717, 1.165) is 22.6 Å². The van der Waals surface area contributed by atoms with E-state index in [9.17, 15) is 18.3 Å². The van der Waals surface area contributed by atoms with Gasteiger partial charge in [0.2, 0.25) is 0 Å². The van der Waals surface area contributed by atoms with Crippen LogP contribution in [0.4, 0.5) is 5.69 Å². The van der Waals surface area contributed by atoms with Crippen molar-refractivity contribution in [3.05, 3.63) is 71.1 Å². The number of hydrogen-bond donors (Lipinski definition) is 2. The molecule has 4 rings (SSSR count). The van der Waals surface area contributed by atoms with Gasteiger partial charge >= 0.3 is 0 Å². The summed E-state index contributed by atoms with van der Waals surface area (Å²) in [6, 6.07) is 15.5. The lowest BCUT2D eigenvalue weighted by Gasteiger charge is -2.38. The van der Waals surface area contributed by atoms with Gasteiger partial charge in [0.1, 0.15) is 16.1 Å². The van der Waals surface area contributed by atoms with Gasteiger partial charge in [0.15, 0.2) is 5.75 Å². The van der Waals surface area contributed by atoms with Gasteiger partial charge in [-0.2, -0.15) is 0 Å². The number of fused-ring (bicyclic) bond motifs is 1. The molecule has 0 saturated heterocycles. The number of likely N-dealkylation sites (N-methyl/N-ethyl adjacent to an activating group) is 1. The summed E-state index contributed by atoms with van der Waals surface area (Å²) in [5, 5.41) is 11.6. The van der Waals surface area contributed by atoms with E-state index in [2.05, 4.69) is 9.62 Å². The summed E-state index contributed by atoms with van der Waals surface area (Å²) in [5.74, 6) is 0.541. The first-order valence-corrected chi connectivity index (χ1v) is 15.1. The van der Waals surface area contributed by atoms with Crippen LogP contribution in [0, 0.1) is 5.92 Å². The first-order valence-electron chi connectivity index (χ1n) is 12.7. The normalized spacial score (nSPS) is 18.6. The molecule has 9 nitrogen and oxygen atoms in total. The Morgan fingerprint density at radius 3 is 2.59 bits per heavy atom. The Hall–Kier alpha value is -3.12. The zero-order chi connectivity index (χ0) is 28.2. The number of sulfonamides is 1. The quantitative estimate of drug-likeness (QED) is 0.379. The highest BCUT2D eigenvalue weighted by molar-refractivity contribution is 7.94. The number of rotatable bonds is 10. The molecule has 0 radical (unpaired) electrons. The van der Waals surface area contributed by atoms with Crippen LogP contribution in [-0.2, 0) is 16.6 Å². The minimum atomic E-state index is -3.87. The van der Waals surface area contributed by atoms with Crippen molar-refractivity contribution in [3.63, 3.8) is 0 Å². The highest BCUT2D eigenvalue weighted by atomic mass is 32.2. The number of nitrogens with zero attached hydrogens (tertiary/aromatic N) is 2. The van der Waals surface area contributed by atoms with E-state index in [1.54, 1.807) is 48.6 Å². The van der Waals surface area contributed by atoms with E-state index >= 15 is 0 Å². The van der Waals surface area contributed by atoms with Gasteiger partial charge in [0, 0.05) is 25.6 Å². The van der Waals surface area contributed by atoms with Gasteiger partial charge in [-0.15, -0.1) is 11.3 Å². The van der Waals surface area contributed by atoms with Crippen molar-refractivity contribution in [2.75, 3.05) is 38.6 Å². The average molecular weight is 574 g/mol. The maximum absolute atomic E-state index is 13.6. The van der Waals surface area contributed by atoms with Crippen molar-refractivity contribution in [2.24, 2.45) is 5.92 Å². The van der Waals surface area contributed by atoms with Gasteiger partial charge in [-0.3, -0.25) is 14.4 Å². The van der Waals surface area contributed by atoms with Crippen molar-refractivity contribution in [2.45, 2.75) is 36.7 Å². The van der Waals surface area contributed by atoms with E-state index in [-0.39, 0.29) is 45.7 Å². The summed E-state index contributed by atoms with van der Waals surface area (Å²) in [6.07, 6.45) is -0.374. The van der Waals surface area contributed by atoms with Crippen molar-refractivity contribution >= 4 is 33.0 Å². The fourth-order valence-corrected chi connectivity index (χ4v) is 6.62. The molecule has 1 aliphatic heterocycles. The molecule has 2 heterocycles. The Morgan fingerprint density at radius 1 is 1.21 bits per heavy atom. The molecule has 3 aromatic rings. The SMILES string of the molecule is COc1ccc(CN(C)C[C@H]2Oc3c(NS(=O)(=O)c4cccs4)cccc3C(=O)N([C@@H](C)CO)C[C@@H]2C)cc1. The standard InChI is InChI=1S/C28H35N3O6S2/c1-19-15-31(20(2)18-32)28(33)23-7-5-8-24(29-39(34,35)26-9-6-14-38-26)27(23)37-25(19)17-30(3)16-21-10-12-22(36-4)13-11-21/h5-14,19-20,25,29,32H,15-18H2,1-4H3/t19-,20-,25+/m0/s1. The lowest BCUT2D eigenvalue weighted by Crippen LogP contribution is -2.49. The highest BCUT2D eigenvalue weighted by Crippen LogP contribution is 2.36. The molecule has 2 N–H and O–H groups in total. The Labute approximate surface area is 234 Å². The summed E-state index contributed by atoms with van der Waals surface area (Å²) in [7, 11) is -0.252. The Bertz CT molecular complexity index is 1360. The number of nitrogens with one attached hydrogen (secondary N) is 1. The summed E-state index contributed by atoms with van der Waals surface area (Å²) in [5.41, 5.74) is 1.55. The lowest BCUT2D eigenvalue weighted by atomic mass is 9.99. The van der Waals surface area contributed by atoms with Crippen LogP contribution in [0.5, 0.6) is 11.5 Å². The van der Waals surface area contributed by atoms with Crippen molar-refractivity contribution in [3.8, 4) is 11.5 Å². The number of aliphatic hydroxyl groups is 1. The minimum Gasteiger partial charge on any atom is -0.497 e. The average Bonchev–Trinajstić information content (AvgIpc) is 3.47. The van der Waals surface area contributed by atoms with E-state index in [4.69, 9.17) is 9.47 Å². The summed E-state index contributed by atoms with van der Waals surface area (Å²) in [6.45, 7) is 5.16. The van der Waals surface area contributed by atoms with Gasteiger partial charge in [-0.1, -0.05) is 31.2 Å². The molecule has 1 aromatic heterocycles. The third-order valence-electron chi connectivity index (χ3n) is 6.80. The highest BCUT2D eigenvalue weighted by Gasteiger charge is 2.35. The Kier molecular flexibility index (Phi) is 9.16. The number of carbonyl (C=O) groups excluding carboxylic acids is 1. The van der Waals surface area contributed by atoms with Crippen LogP contribution in [-0.4, -0.2) is 75.2 Å². The second-order valence-corrected chi connectivity index (χ2v) is 12.7. The van der Waals surface area contributed by atoms with Crippen LogP contribution >= 0.6 is 11.3 Å². The van der Waals surface area contributed by atoms with Crippen molar-refractivity contribution in [1.29, 1.82) is 0 Å². The molecule has 1 amide bonds. The Morgan fingerprint density at radius 2 is 1.95 bits per heavy atom. The number of ether oxygens (including phenoxy) is 2. The predicted octanol–water partition coefficient (Wildman–Crippen LogP) is 3.91. The van der Waals surface area contributed by atoms with Crippen LogP contribution in [0.3, 0.4) is 0 Å². The number of para-hydroxylation sites is 1. The molecule has 0 unspecified atom stereocenters. The molecular weight excluding hydrogens is 538 g/mol. The second kappa shape index (κ2) is 12.4. The van der Waals surface area contributed by atoms with E-state index in [1.807, 2.05) is 38.2 Å². The number of anilines is 1. The Balaban J connectivity index is 1.67. The van der Waals surface area contributed by atoms with Gasteiger partial charge in [-0.25, -0.2) is 8.42 Å². The molecule has 0 fully saturated rings. The molecule has 0 bridgehead atoms. The number of thiophene rings is 1. The molecule has 0 aliphatic carbocycles. The summed E-state index contributed by atoms with van der Waals surface area (Å²) in [4.78, 5) is 17.4. The van der Waals surface area contributed by atoms with Gasteiger partial charge < -0.3 is 19.5 Å². The van der Waals surface area contributed by atoms with Crippen LogP contribution in [0.2, 0.25) is 0 Å². The zero-order valence-electron chi connectivity index (χ0n) is 22.5. The topological polar surface area (TPSA) is 108 Å². The molecular formula is C28H35N3O6S2. The van der Waals surface area contributed by atoms with E-state index in [0.29, 0.717) is 19.6 Å². The zero-order valence-corrected chi connectivity index (χ0v) is 24.2. The first-order chi connectivity index (χ1) is 18.6.